The summed E-state index contributed by atoms with van der Waals surface area (Å²) in [5.41, 5.74) is 0.604. The van der Waals surface area contributed by atoms with E-state index in [1.165, 1.54) is 29.2 Å². The summed E-state index contributed by atoms with van der Waals surface area (Å²) >= 11 is 1.07. The number of thioether (sulfide) groups is 1. The average molecular weight is 462 g/mol. The number of carbonyl (C=O) groups is 1. The van der Waals surface area contributed by atoms with E-state index in [4.69, 9.17) is 0 Å². The number of nitrogens with zero attached hydrogens (tertiary/aromatic N) is 5. The van der Waals surface area contributed by atoms with Gasteiger partial charge in [0.2, 0.25) is 5.91 Å². The number of aromatic nitrogens is 5. The Labute approximate surface area is 182 Å². The molecule has 1 amide bonds. The van der Waals surface area contributed by atoms with Crippen LogP contribution in [0.1, 0.15) is 11.1 Å². The number of nitrogens with one attached hydrogen (secondary N) is 1. The van der Waals surface area contributed by atoms with Crippen LogP contribution < -0.4 is 5.32 Å². The largest absolute Gasteiger partial charge is 0.416 e. The minimum absolute atomic E-state index is 0.0622. The van der Waals surface area contributed by atoms with E-state index < -0.39 is 17.6 Å². The number of hydrogen-bond donors (Lipinski definition) is 1. The molecule has 32 heavy (non-hydrogen) atoms. The van der Waals surface area contributed by atoms with E-state index in [-0.39, 0.29) is 23.8 Å². The van der Waals surface area contributed by atoms with Crippen LogP contribution in [-0.2, 0) is 17.5 Å². The second-order valence-corrected chi connectivity index (χ2v) is 7.57. The van der Waals surface area contributed by atoms with Gasteiger partial charge in [0.1, 0.15) is 17.2 Å². The first-order chi connectivity index (χ1) is 15.3. The van der Waals surface area contributed by atoms with E-state index in [1.807, 2.05) is 0 Å². The Morgan fingerprint density at radius 3 is 2.53 bits per heavy atom. The first-order valence-electron chi connectivity index (χ1n) is 9.19. The van der Waals surface area contributed by atoms with Gasteiger partial charge in [-0.25, -0.2) is 19.0 Å². The van der Waals surface area contributed by atoms with E-state index in [1.54, 1.807) is 18.2 Å². The van der Waals surface area contributed by atoms with Crippen molar-refractivity contribution in [2.45, 2.75) is 17.7 Å². The van der Waals surface area contributed by atoms with Gasteiger partial charge in [0.15, 0.2) is 11.2 Å². The lowest BCUT2D eigenvalue weighted by atomic mass is 10.2. The van der Waals surface area contributed by atoms with Crippen LogP contribution in [0.3, 0.4) is 0 Å². The molecule has 7 nitrogen and oxygen atoms in total. The molecule has 0 radical (unpaired) electrons. The predicted molar refractivity (Wildman–Crippen MR) is 109 cm³/mol. The maximum atomic E-state index is 13.9. The van der Waals surface area contributed by atoms with Gasteiger partial charge >= 0.3 is 6.18 Å². The van der Waals surface area contributed by atoms with Crippen molar-refractivity contribution in [1.29, 1.82) is 0 Å². The zero-order chi connectivity index (χ0) is 22.7. The fourth-order valence-electron chi connectivity index (χ4n) is 2.85. The van der Waals surface area contributed by atoms with Crippen molar-refractivity contribution in [3.63, 3.8) is 0 Å². The summed E-state index contributed by atoms with van der Waals surface area (Å²) in [6.07, 6.45) is -3.15. The van der Waals surface area contributed by atoms with Crippen LogP contribution in [-0.4, -0.2) is 36.6 Å². The van der Waals surface area contributed by atoms with E-state index in [2.05, 4.69) is 25.6 Å². The van der Waals surface area contributed by atoms with E-state index in [9.17, 15) is 22.4 Å². The van der Waals surface area contributed by atoms with Crippen LogP contribution in [0.4, 0.5) is 23.2 Å². The lowest BCUT2D eigenvalue weighted by Gasteiger charge is -2.08. The third-order valence-electron chi connectivity index (χ3n) is 4.38. The molecular weight excluding hydrogens is 448 g/mol. The highest BCUT2D eigenvalue weighted by atomic mass is 32.2. The van der Waals surface area contributed by atoms with Crippen LogP contribution >= 0.6 is 11.8 Å². The minimum Gasteiger partial charge on any atom is -0.325 e. The molecule has 0 fully saturated rings. The van der Waals surface area contributed by atoms with E-state index in [0.717, 1.165) is 23.9 Å². The second-order valence-electron chi connectivity index (χ2n) is 6.60. The maximum Gasteiger partial charge on any atom is 0.416 e. The van der Waals surface area contributed by atoms with Crippen molar-refractivity contribution in [2.75, 3.05) is 11.1 Å². The van der Waals surface area contributed by atoms with Crippen LogP contribution in [0.25, 0.3) is 11.2 Å². The van der Waals surface area contributed by atoms with Gasteiger partial charge in [-0.15, -0.1) is 5.10 Å². The summed E-state index contributed by atoms with van der Waals surface area (Å²) in [7, 11) is 0. The number of benzene rings is 2. The molecular formula is C20H14F4N6OS. The normalized spacial score (nSPS) is 11.6. The molecule has 4 rings (SSSR count). The van der Waals surface area contributed by atoms with Crippen molar-refractivity contribution in [1.82, 2.24) is 25.0 Å². The van der Waals surface area contributed by atoms with Crippen molar-refractivity contribution >= 4 is 34.5 Å². The molecule has 2 aromatic carbocycles. The van der Waals surface area contributed by atoms with Crippen molar-refractivity contribution < 1.29 is 22.4 Å². The molecule has 0 aliphatic carbocycles. The highest BCUT2D eigenvalue weighted by molar-refractivity contribution is 8.00. The van der Waals surface area contributed by atoms with Gasteiger partial charge in [0.05, 0.1) is 17.9 Å². The molecule has 0 spiro atoms. The molecule has 0 saturated heterocycles. The molecule has 164 valence electrons. The Bertz CT molecular complexity index is 1260. The van der Waals surface area contributed by atoms with Crippen LogP contribution in [0.15, 0.2) is 59.9 Å². The monoisotopic (exact) mass is 462 g/mol. The fourth-order valence-corrected chi connectivity index (χ4v) is 3.58. The molecule has 1 N–H and O–H groups in total. The van der Waals surface area contributed by atoms with Gasteiger partial charge in [-0.3, -0.25) is 4.79 Å². The zero-order valence-electron chi connectivity index (χ0n) is 16.2. The molecule has 0 saturated carbocycles. The molecule has 2 heterocycles. The SMILES string of the molecule is O=C(CSc1ncnc2c1nnn2Cc1ccccc1F)Nc1ccc(C(F)(F)F)cc1. The Morgan fingerprint density at radius 1 is 1.06 bits per heavy atom. The molecule has 12 heteroatoms. The number of amides is 1. The van der Waals surface area contributed by atoms with E-state index >= 15 is 0 Å². The van der Waals surface area contributed by atoms with Gasteiger partial charge in [-0.2, -0.15) is 13.2 Å². The highest BCUT2D eigenvalue weighted by Gasteiger charge is 2.30. The molecule has 2 aromatic heterocycles. The van der Waals surface area contributed by atoms with Gasteiger partial charge in [0, 0.05) is 11.3 Å². The van der Waals surface area contributed by atoms with Gasteiger partial charge in [0.25, 0.3) is 0 Å². The molecule has 0 unspecified atom stereocenters. The maximum absolute atomic E-state index is 13.9. The predicted octanol–water partition coefficient (Wildman–Crippen LogP) is 4.16. The molecule has 0 atom stereocenters. The highest BCUT2D eigenvalue weighted by Crippen LogP contribution is 2.30. The quantitative estimate of drug-likeness (QED) is 0.263. The number of fused-ring (bicyclic) bond motifs is 1. The van der Waals surface area contributed by atoms with Crippen molar-refractivity contribution in [2.24, 2.45) is 0 Å². The molecule has 0 aliphatic heterocycles. The summed E-state index contributed by atoms with van der Waals surface area (Å²) < 4.78 is 53.2. The molecule has 4 aromatic rings. The number of halogens is 4. The van der Waals surface area contributed by atoms with Crippen molar-refractivity contribution in [3.8, 4) is 0 Å². The van der Waals surface area contributed by atoms with Crippen molar-refractivity contribution in [3.05, 3.63) is 71.8 Å². The number of anilines is 1. The third-order valence-corrected chi connectivity index (χ3v) is 5.36. The third kappa shape index (κ3) is 4.85. The summed E-state index contributed by atoms with van der Waals surface area (Å²) in [4.78, 5) is 20.5. The zero-order valence-corrected chi connectivity index (χ0v) is 17.0. The smallest absolute Gasteiger partial charge is 0.325 e. The van der Waals surface area contributed by atoms with Gasteiger partial charge < -0.3 is 5.32 Å². The number of alkyl halides is 3. The summed E-state index contributed by atoms with van der Waals surface area (Å²) in [6, 6.07) is 10.4. The lowest BCUT2D eigenvalue weighted by Crippen LogP contribution is -2.14. The van der Waals surface area contributed by atoms with Gasteiger partial charge in [-0.1, -0.05) is 35.2 Å². The minimum atomic E-state index is -4.44. The first-order valence-corrected chi connectivity index (χ1v) is 10.2. The summed E-state index contributed by atoms with van der Waals surface area (Å²) in [5.74, 6) is -0.868. The fraction of sp³-hybridized carbons (Fsp3) is 0.150. The number of carbonyl (C=O) groups excluding carboxylic acids is 1. The van der Waals surface area contributed by atoms with Crippen LogP contribution in [0.2, 0.25) is 0 Å². The topological polar surface area (TPSA) is 85.6 Å². The Morgan fingerprint density at radius 2 is 1.81 bits per heavy atom. The second kappa shape index (κ2) is 8.91. The lowest BCUT2D eigenvalue weighted by molar-refractivity contribution is -0.137. The Balaban J connectivity index is 1.43. The molecule has 0 aliphatic rings. The Kier molecular flexibility index (Phi) is 6.04. The average Bonchev–Trinajstić information content (AvgIpc) is 3.17. The number of hydrogen-bond acceptors (Lipinski definition) is 6. The van der Waals surface area contributed by atoms with E-state index in [0.29, 0.717) is 21.8 Å². The standard InChI is InChI=1S/C20H14F4N6OS/c21-15-4-2-1-3-12(15)9-30-18-17(28-29-30)19(26-11-25-18)32-10-16(31)27-14-7-5-13(6-8-14)20(22,23)24/h1-8,11H,9-10H2,(H,27,31). The summed E-state index contributed by atoms with van der Waals surface area (Å²) in [6.45, 7) is 0.124. The first kappa shape index (κ1) is 21.7. The molecule has 0 bridgehead atoms. The summed E-state index contributed by atoms with van der Waals surface area (Å²) in [5, 5.41) is 11.0. The Hall–Kier alpha value is -3.54. The number of rotatable bonds is 6. The van der Waals surface area contributed by atoms with Crippen LogP contribution in [0.5, 0.6) is 0 Å². The van der Waals surface area contributed by atoms with Crippen LogP contribution in [0, 0.1) is 5.82 Å². The van der Waals surface area contributed by atoms with Gasteiger partial charge in [-0.05, 0) is 30.3 Å².